The lowest BCUT2D eigenvalue weighted by Crippen LogP contribution is -2.27. The van der Waals surface area contributed by atoms with Crippen LogP contribution in [0.3, 0.4) is 0 Å². The van der Waals surface area contributed by atoms with Crippen molar-refractivity contribution in [2.75, 3.05) is 13.1 Å². The number of aromatic nitrogens is 2. The number of pyridine rings is 2. The van der Waals surface area contributed by atoms with Crippen molar-refractivity contribution in [2.24, 2.45) is 0 Å². The van der Waals surface area contributed by atoms with Crippen LogP contribution in [0, 0.1) is 0 Å². The van der Waals surface area contributed by atoms with Crippen LogP contribution in [0.4, 0.5) is 0 Å². The monoisotopic (exact) mass is 496 g/mol. The fourth-order valence-electron chi connectivity index (χ4n) is 5.37. The number of hydrogen-bond acceptors (Lipinski definition) is 4. The van der Waals surface area contributed by atoms with Gasteiger partial charge in [-0.2, -0.15) is 0 Å². The van der Waals surface area contributed by atoms with Crippen LogP contribution in [0.1, 0.15) is 23.2 Å². The third-order valence-corrected chi connectivity index (χ3v) is 7.21. The Morgan fingerprint density at radius 2 is 1.32 bits per heavy atom. The Labute approximate surface area is 224 Å². The van der Waals surface area contributed by atoms with E-state index in [9.17, 15) is 0 Å². The number of nitrogens with one attached hydrogen (secondary N) is 1. The van der Waals surface area contributed by atoms with E-state index in [1.165, 1.54) is 32.7 Å². The minimum absolute atomic E-state index is 0.826. The van der Waals surface area contributed by atoms with Crippen LogP contribution < -0.4 is 5.32 Å². The molecule has 1 N–H and O–H groups in total. The summed E-state index contributed by atoms with van der Waals surface area (Å²) in [5.74, 6) is 0. The Balaban J connectivity index is 1.15. The van der Waals surface area contributed by atoms with Gasteiger partial charge in [0.15, 0.2) is 0 Å². The Hall–Kier alpha value is -4.12. The summed E-state index contributed by atoms with van der Waals surface area (Å²) in [7, 11) is 0. The van der Waals surface area contributed by atoms with Gasteiger partial charge in [0, 0.05) is 43.1 Å². The highest BCUT2D eigenvalue weighted by Gasteiger charge is 2.11. The standard InChI is InChI=1S/C34H32N4/c1-2-15-29-26(11-1)12-9-13-27(29)24-38(25-28-14-7-8-21-36-28)22-10-20-35-23-32-30-16-3-5-18-33(30)37-34-19-6-4-17-31(32)34/h1-9,11-19,21,35H,10,20,22-25H2. The van der Waals surface area contributed by atoms with Gasteiger partial charge in [0.05, 0.1) is 16.7 Å². The van der Waals surface area contributed by atoms with Crippen LogP contribution in [-0.4, -0.2) is 28.0 Å². The Morgan fingerprint density at radius 3 is 2.08 bits per heavy atom. The highest BCUT2D eigenvalue weighted by molar-refractivity contribution is 5.97. The number of nitrogens with zero attached hydrogens (tertiary/aromatic N) is 3. The number of rotatable bonds is 10. The second-order valence-corrected chi connectivity index (χ2v) is 9.82. The molecule has 4 heteroatoms. The molecule has 0 spiro atoms. The van der Waals surface area contributed by atoms with E-state index < -0.39 is 0 Å². The average molecular weight is 497 g/mol. The highest BCUT2D eigenvalue weighted by atomic mass is 15.1. The molecule has 0 bridgehead atoms. The molecule has 4 aromatic carbocycles. The highest BCUT2D eigenvalue weighted by Crippen LogP contribution is 2.26. The van der Waals surface area contributed by atoms with Gasteiger partial charge in [-0.3, -0.25) is 9.88 Å². The van der Waals surface area contributed by atoms with Crippen LogP contribution in [0.15, 0.2) is 115 Å². The third kappa shape index (κ3) is 5.42. The quantitative estimate of drug-likeness (QED) is 0.162. The SMILES string of the molecule is c1ccc(CN(CCCNCc2c3ccccc3nc3ccccc23)Cc2cccc3ccccc23)nc1. The van der Waals surface area contributed by atoms with Gasteiger partial charge < -0.3 is 5.32 Å². The maximum Gasteiger partial charge on any atom is 0.0713 e. The summed E-state index contributed by atoms with van der Waals surface area (Å²) in [6.07, 6.45) is 2.94. The van der Waals surface area contributed by atoms with E-state index in [0.29, 0.717) is 0 Å². The van der Waals surface area contributed by atoms with E-state index in [0.717, 1.165) is 55.9 Å². The summed E-state index contributed by atoms with van der Waals surface area (Å²) in [5.41, 5.74) is 5.91. The Bertz CT molecular complexity index is 1600. The van der Waals surface area contributed by atoms with Crippen LogP contribution in [-0.2, 0) is 19.6 Å². The Morgan fingerprint density at radius 1 is 0.632 bits per heavy atom. The molecular formula is C34H32N4. The molecule has 0 aliphatic rings. The Kier molecular flexibility index (Phi) is 7.34. The fraction of sp³-hybridized carbons (Fsp3) is 0.176. The number of fused-ring (bicyclic) bond motifs is 3. The van der Waals surface area contributed by atoms with Crippen molar-refractivity contribution in [2.45, 2.75) is 26.1 Å². The molecule has 6 rings (SSSR count). The zero-order chi connectivity index (χ0) is 25.6. The lowest BCUT2D eigenvalue weighted by atomic mass is 10.0. The summed E-state index contributed by atoms with van der Waals surface area (Å²) in [5, 5.41) is 8.81. The maximum atomic E-state index is 4.87. The second kappa shape index (κ2) is 11.5. The fourth-order valence-corrected chi connectivity index (χ4v) is 5.37. The first-order chi connectivity index (χ1) is 18.8. The molecule has 188 valence electrons. The summed E-state index contributed by atoms with van der Waals surface area (Å²) in [4.78, 5) is 12.0. The summed E-state index contributed by atoms with van der Waals surface area (Å²) in [6, 6.07) is 38.4. The first-order valence-electron chi connectivity index (χ1n) is 13.4. The first kappa shape index (κ1) is 24.2. The lowest BCUT2D eigenvalue weighted by molar-refractivity contribution is 0.250. The lowest BCUT2D eigenvalue weighted by Gasteiger charge is -2.23. The molecule has 2 heterocycles. The number of benzene rings is 4. The molecule has 0 atom stereocenters. The predicted octanol–water partition coefficient (Wildman–Crippen LogP) is 7.12. The molecule has 6 aromatic rings. The predicted molar refractivity (Wildman–Crippen MR) is 158 cm³/mol. The molecule has 0 fully saturated rings. The molecule has 0 saturated heterocycles. The van der Waals surface area contributed by atoms with Gasteiger partial charge >= 0.3 is 0 Å². The molecule has 2 aromatic heterocycles. The zero-order valence-corrected chi connectivity index (χ0v) is 21.6. The first-order valence-corrected chi connectivity index (χ1v) is 13.4. The van der Waals surface area contributed by atoms with E-state index in [2.05, 4.69) is 118 Å². The van der Waals surface area contributed by atoms with Crippen molar-refractivity contribution in [1.82, 2.24) is 20.2 Å². The number of hydrogen-bond donors (Lipinski definition) is 1. The van der Waals surface area contributed by atoms with E-state index in [-0.39, 0.29) is 0 Å². The summed E-state index contributed by atoms with van der Waals surface area (Å²) >= 11 is 0. The van der Waals surface area contributed by atoms with E-state index in [1.54, 1.807) is 0 Å². The minimum Gasteiger partial charge on any atom is -0.313 e. The van der Waals surface area contributed by atoms with Crippen molar-refractivity contribution >= 4 is 32.6 Å². The molecule has 38 heavy (non-hydrogen) atoms. The zero-order valence-electron chi connectivity index (χ0n) is 21.6. The van der Waals surface area contributed by atoms with Crippen LogP contribution in [0.2, 0.25) is 0 Å². The average Bonchev–Trinajstić information content (AvgIpc) is 2.97. The maximum absolute atomic E-state index is 4.87. The minimum atomic E-state index is 0.826. The van der Waals surface area contributed by atoms with Gasteiger partial charge in [-0.25, -0.2) is 4.98 Å². The van der Waals surface area contributed by atoms with E-state index >= 15 is 0 Å². The van der Waals surface area contributed by atoms with Crippen molar-refractivity contribution in [3.05, 3.63) is 132 Å². The molecular weight excluding hydrogens is 464 g/mol. The molecule has 0 amide bonds. The topological polar surface area (TPSA) is 41.0 Å². The summed E-state index contributed by atoms with van der Waals surface area (Å²) < 4.78 is 0. The van der Waals surface area contributed by atoms with Crippen molar-refractivity contribution < 1.29 is 0 Å². The van der Waals surface area contributed by atoms with Gasteiger partial charge in [-0.1, -0.05) is 84.9 Å². The van der Waals surface area contributed by atoms with Gasteiger partial charge in [-0.15, -0.1) is 0 Å². The molecule has 0 aliphatic carbocycles. The normalized spacial score (nSPS) is 11.6. The second-order valence-electron chi connectivity index (χ2n) is 9.82. The third-order valence-electron chi connectivity index (χ3n) is 7.21. The van der Waals surface area contributed by atoms with Crippen LogP contribution in [0.5, 0.6) is 0 Å². The van der Waals surface area contributed by atoms with Crippen LogP contribution >= 0.6 is 0 Å². The molecule has 0 saturated carbocycles. The van der Waals surface area contributed by atoms with Crippen molar-refractivity contribution in [3.8, 4) is 0 Å². The largest absolute Gasteiger partial charge is 0.313 e. The number of para-hydroxylation sites is 2. The van der Waals surface area contributed by atoms with E-state index in [1.807, 2.05) is 12.3 Å². The molecule has 4 nitrogen and oxygen atoms in total. The van der Waals surface area contributed by atoms with Crippen molar-refractivity contribution in [3.63, 3.8) is 0 Å². The van der Waals surface area contributed by atoms with Crippen molar-refractivity contribution in [1.29, 1.82) is 0 Å². The molecule has 0 aliphatic heterocycles. The van der Waals surface area contributed by atoms with Gasteiger partial charge in [0.2, 0.25) is 0 Å². The van der Waals surface area contributed by atoms with Gasteiger partial charge in [0.1, 0.15) is 0 Å². The molecule has 0 unspecified atom stereocenters. The van der Waals surface area contributed by atoms with Gasteiger partial charge in [0.25, 0.3) is 0 Å². The van der Waals surface area contributed by atoms with Crippen LogP contribution in [0.25, 0.3) is 32.6 Å². The van der Waals surface area contributed by atoms with Gasteiger partial charge in [-0.05, 0) is 59.1 Å². The summed E-state index contributed by atoms with van der Waals surface area (Å²) in [6.45, 7) is 4.50. The van der Waals surface area contributed by atoms with E-state index in [4.69, 9.17) is 4.98 Å². The molecule has 0 radical (unpaired) electrons. The smallest absolute Gasteiger partial charge is 0.0713 e.